The number of ether oxygens (including phenoxy) is 2. The monoisotopic (exact) mass is 357 g/mol. The smallest absolute Gasteiger partial charge is 0.222 e. The number of nitrogens with zero attached hydrogens (tertiary/aromatic N) is 1. The van der Waals surface area contributed by atoms with Gasteiger partial charge in [-0.1, -0.05) is 12.1 Å². The molecule has 26 heavy (non-hydrogen) atoms. The molecule has 1 atom stereocenters. The first-order valence-electron chi connectivity index (χ1n) is 9.68. The maximum absolute atomic E-state index is 12.8. The number of hydrogen-bond donors (Lipinski definition) is 0. The molecule has 3 heterocycles. The van der Waals surface area contributed by atoms with Gasteiger partial charge in [0.15, 0.2) is 0 Å². The summed E-state index contributed by atoms with van der Waals surface area (Å²) in [6, 6.07) is 8.20. The van der Waals surface area contributed by atoms with Gasteiger partial charge < -0.3 is 18.8 Å². The number of rotatable bonds is 4. The van der Waals surface area contributed by atoms with Crippen LogP contribution in [0.3, 0.4) is 0 Å². The average Bonchev–Trinajstić information content (AvgIpc) is 3.02. The molecule has 2 aliphatic rings. The number of furan rings is 1. The molecule has 2 aliphatic heterocycles. The van der Waals surface area contributed by atoms with Crippen molar-refractivity contribution < 1.29 is 18.7 Å². The first kappa shape index (κ1) is 17.6. The van der Waals surface area contributed by atoms with Crippen LogP contribution in [-0.2, 0) is 20.7 Å². The van der Waals surface area contributed by atoms with Crippen LogP contribution in [0.15, 0.2) is 34.9 Å². The fourth-order valence-corrected chi connectivity index (χ4v) is 4.10. The summed E-state index contributed by atoms with van der Waals surface area (Å²) in [6.45, 7) is 4.39. The van der Waals surface area contributed by atoms with Gasteiger partial charge in [-0.05, 0) is 42.9 Å². The standard InChI is InChI=1S/C21H27NO4/c23-21(13-16-4-8-24-9-5-16)22-7-11-25-15-17(14-22)12-18-2-1-3-20-19(18)6-10-26-20/h1-3,6,10,16-17H,4-5,7-9,11-15H2. The van der Waals surface area contributed by atoms with Gasteiger partial charge in [-0.2, -0.15) is 0 Å². The molecule has 5 heteroatoms. The van der Waals surface area contributed by atoms with Crippen molar-refractivity contribution in [1.82, 2.24) is 4.90 Å². The first-order chi connectivity index (χ1) is 12.8. The predicted octanol–water partition coefficient (Wildman–Crippen LogP) is 3.27. The van der Waals surface area contributed by atoms with Crippen molar-refractivity contribution in [1.29, 1.82) is 0 Å². The predicted molar refractivity (Wildman–Crippen MR) is 99.0 cm³/mol. The summed E-state index contributed by atoms with van der Waals surface area (Å²) in [7, 11) is 0. The van der Waals surface area contributed by atoms with Crippen molar-refractivity contribution in [3.8, 4) is 0 Å². The van der Waals surface area contributed by atoms with E-state index in [1.54, 1.807) is 6.26 Å². The lowest BCUT2D eigenvalue weighted by atomic mass is 9.94. The topological polar surface area (TPSA) is 51.9 Å². The molecule has 0 N–H and O–H groups in total. The zero-order chi connectivity index (χ0) is 17.8. The van der Waals surface area contributed by atoms with E-state index in [4.69, 9.17) is 13.9 Å². The van der Waals surface area contributed by atoms with Crippen molar-refractivity contribution in [2.24, 2.45) is 11.8 Å². The summed E-state index contributed by atoms with van der Waals surface area (Å²) >= 11 is 0. The highest BCUT2D eigenvalue weighted by atomic mass is 16.5. The molecule has 2 saturated heterocycles. The molecule has 1 amide bonds. The van der Waals surface area contributed by atoms with Crippen LogP contribution in [0, 0.1) is 11.8 Å². The Hall–Kier alpha value is -1.85. The van der Waals surface area contributed by atoms with Gasteiger partial charge >= 0.3 is 0 Å². The molecule has 4 rings (SSSR count). The van der Waals surface area contributed by atoms with Crippen molar-refractivity contribution in [2.45, 2.75) is 25.7 Å². The molecule has 140 valence electrons. The minimum Gasteiger partial charge on any atom is -0.464 e. The maximum atomic E-state index is 12.8. The third-order valence-corrected chi connectivity index (χ3v) is 5.59. The van der Waals surface area contributed by atoms with Crippen LogP contribution >= 0.6 is 0 Å². The second kappa shape index (κ2) is 8.23. The van der Waals surface area contributed by atoms with E-state index in [9.17, 15) is 4.79 Å². The number of hydrogen-bond acceptors (Lipinski definition) is 4. The van der Waals surface area contributed by atoms with Crippen LogP contribution < -0.4 is 0 Å². The molecule has 0 bridgehead atoms. The van der Waals surface area contributed by atoms with Crippen LogP contribution in [0.5, 0.6) is 0 Å². The maximum Gasteiger partial charge on any atom is 0.222 e. The highest BCUT2D eigenvalue weighted by molar-refractivity contribution is 5.81. The molecule has 2 aromatic rings. The fourth-order valence-electron chi connectivity index (χ4n) is 4.10. The Morgan fingerprint density at radius 3 is 2.85 bits per heavy atom. The molecule has 5 nitrogen and oxygen atoms in total. The third-order valence-electron chi connectivity index (χ3n) is 5.59. The molecule has 0 saturated carbocycles. The van der Waals surface area contributed by atoms with E-state index in [0.717, 1.165) is 50.0 Å². The van der Waals surface area contributed by atoms with Crippen LogP contribution in [-0.4, -0.2) is 50.3 Å². The normalized spacial score (nSPS) is 22.5. The second-order valence-corrected chi connectivity index (χ2v) is 7.49. The molecule has 1 aromatic carbocycles. The zero-order valence-corrected chi connectivity index (χ0v) is 15.2. The van der Waals surface area contributed by atoms with Gasteiger partial charge in [0.25, 0.3) is 0 Å². The Morgan fingerprint density at radius 1 is 1.08 bits per heavy atom. The van der Waals surface area contributed by atoms with E-state index in [-0.39, 0.29) is 5.91 Å². The number of amides is 1. The van der Waals surface area contributed by atoms with Crippen LogP contribution in [0.2, 0.25) is 0 Å². The van der Waals surface area contributed by atoms with Gasteiger partial charge in [-0.25, -0.2) is 0 Å². The summed E-state index contributed by atoms with van der Waals surface area (Å²) in [6.07, 6.45) is 5.29. The first-order valence-corrected chi connectivity index (χ1v) is 9.68. The largest absolute Gasteiger partial charge is 0.464 e. The van der Waals surface area contributed by atoms with Crippen LogP contribution in [0.25, 0.3) is 11.0 Å². The highest BCUT2D eigenvalue weighted by Gasteiger charge is 2.26. The van der Waals surface area contributed by atoms with E-state index in [1.807, 2.05) is 23.1 Å². The molecule has 1 aromatic heterocycles. The number of carbonyl (C=O) groups is 1. The number of fused-ring (bicyclic) bond motifs is 1. The summed E-state index contributed by atoms with van der Waals surface area (Å²) < 4.78 is 16.7. The quantitative estimate of drug-likeness (QED) is 0.843. The molecule has 1 unspecified atom stereocenters. The lowest BCUT2D eigenvalue weighted by Gasteiger charge is -2.27. The molecule has 0 aliphatic carbocycles. The minimum atomic E-state index is 0.272. The summed E-state index contributed by atoms with van der Waals surface area (Å²) in [5.74, 6) is 1.06. The molecular formula is C21H27NO4. The van der Waals surface area contributed by atoms with E-state index in [2.05, 4.69) is 6.07 Å². The van der Waals surface area contributed by atoms with E-state index >= 15 is 0 Å². The van der Waals surface area contributed by atoms with Gasteiger partial charge in [0, 0.05) is 44.0 Å². The van der Waals surface area contributed by atoms with Gasteiger partial charge in [0.05, 0.1) is 19.5 Å². The summed E-state index contributed by atoms with van der Waals surface area (Å²) in [4.78, 5) is 14.8. The molecular weight excluding hydrogens is 330 g/mol. The Kier molecular flexibility index (Phi) is 5.56. The van der Waals surface area contributed by atoms with E-state index in [0.29, 0.717) is 38.0 Å². The fraction of sp³-hybridized carbons (Fsp3) is 0.571. The average molecular weight is 357 g/mol. The Bertz CT molecular complexity index is 734. The van der Waals surface area contributed by atoms with Gasteiger partial charge in [-0.3, -0.25) is 4.79 Å². The van der Waals surface area contributed by atoms with E-state index < -0.39 is 0 Å². The highest BCUT2D eigenvalue weighted by Crippen LogP contribution is 2.25. The van der Waals surface area contributed by atoms with Crippen molar-refractivity contribution in [3.05, 3.63) is 36.1 Å². The lowest BCUT2D eigenvalue weighted by Crippen LogP contribution is -2.37. The Balaban J connectivity index is 1.40. The molecule has 0 spiro atoms. The Labute approximate surface area is 154 Å². The van der Waals surface area contributed by atoms with Gasteiger partial charge in [0.2, 0.25) is 5.91 Å². The van der Waals surface area contributed by atoms with Crippen LogP contribution in [0.4, 0.5) is 0 Å². The van der Waals surface area contributed by atoms with Crippen molar-refractivity contribution in [3.63, 3.8) is 0 Å². The molecule has 0 radical (unpaired) electrons. The Morgan fingerprint density at radius 2 is 1.96 bits per heavy atom. The minimum absolute atomic E-state index is 0.272. The molecule has 2 fully saturated rings. The SMILES string of the molecule is O=C(CC1CCOCC1)N1CCOCC(Cc2cccc3occc23)C1. The number of benzene rings is 1. The lowest BCUT2D eigenvalue weighted by molar-refractivity contribution is -0.133. The van der Waals surface area contributed by atoms with E-state index in [1.165, 1.54) is 5.56 Å². The third kappa shape index (κ3) is 4.10. The second-order valence-electron chi connectivity index (χ2n) is 7.49. The summed E-state index contributed by atoms with van der Waals surface area (Å²) in [5, 5.41) is 1.16. The van der Waals surface area contributed by atoms with Gasteiger partial charge in [-0.15, -0.1) is 0 Å². The number of carbonyl (C=O) groups excluding carboxylic acids is 1. The van der Waals surface area contributed by atoms with Crippen molar-refractivity contribution in [2.75, 3.05) is 39.5 Å². The van der Waals surface area contributed by atoms with Gasteiger partial charge in [0.1, 0.15) is 5.58 Å². The zero-order valence-electron chi connectivity index (χ0n) is 15.2. The summed E-state index contributed by atoms with van der Waals surface area (Å²) in [5.41, 5.74) is 2.19. The van der Waals surface area contributed by atoms with Crippen molar-refractivity contribution >= 4 is 16.9 Å². The van der Waals surface area contributed by atoms with Crippen LogP contribution in [0.1, 0.15) is 24.8 Å².